The Morgan fingerprint density at radius 2 is 1.49 bits per heavy atom. The molecule has 2 heterocycles. The van der Waals surface area contributed by atoms with Gasteiger partial charge in [-0.05, 0) is 64.9 Å². The van der Waals surface area contributed by atoms with Crippen molar-refractivity contribution in [1.82, 2.24) is 14.5 Å². The molecule has 5 rings (SSSR count). The summed E-state index contributed by atoms with van der Waals surface area (Å²) in [6, 6.07) is 14.3. The lowest BCUT2D eigenvalue weighted by atomic mass is 9.99. The first kappa shape index (κ1) is 34.4. The fourth-order valence-electron chi connectivity index (χ4n) is 4.92. The van der Waals surface area contributed by atoms with Crippen molar-refractivity contribution < 1.29 is 59.1 Å². The molecule has 0 aliphatic heterocycles. The average molecular weight is 688 g/mol. The van der Waals surface area contributed by atoms with Crippen LogP contribution in [-0.4, -0.2) is 97.0 Å². The Morgan fingerprint density at radius 3 is 2.04 bits per heavy atom. The molecular formula is C30H29N3O12S2. The first-order valence-electron chi connectivity index (χ1n) is 13.4. The highest BCUT2D eigenvalue weighted by Crippen LogP contribution is 2.59. The summed E-state index contributed by atoms with van der Waals surface area (Å²) in [6.07, 6.45) is 5.57. The second kappa shape index (κ2) is 11.6. The lowest BCUT2D eigenvalue weighted by Crippen LogP contribution is -2.66. The SMILES string of the molecule is C=Cc1cc(OCc2cnc(SC3(O)C(O)(O)C(O)(O)C(O)(O)C3(O)O)n2-c2cccnc2)ccc1-c1ccc(S(=O)(=O)C=C)cc1. The molecule has 0 amide bonds. The zero-order chi connectivity index (χ0) is 34.6. The summed E-state index contributed by atoms with van der Waals surface area (Å²) < 4.78 is 31.4. The molecule has 0 spiro atoms. The predicted molar refractivity (Wildman–Crippen MR) is 165 cm³/mol. The number of aromatic nitrogens is 3. The van der Waals surface area contributed by atoms with Crippen molar-refractivity contribution in [2.24, 2.45) is 0 Å². The quantitative estimate of drug-likeness (QED) is 0.0961. The van der Waals surface area contributed by atoms with E-state index in [1.165, 1.54) is 47.4 Å². The van der Waals surface area contributed by atoms with Crippen molar-refractivity contribution in [3.63, 3.8) is 0 Å². The molecule has 0 saturated heterocycles. The number of imidazole rings is 1. The van der Waals surface area contributed by atoms with Gasteiger partial charge in [-0.15, -0.1) is 0 Å². The van der Waals surface area contributed by atoms with Crippen molar-refractivity contribution in [1.29, 1.82) is 0 Å². The Labute approximate surface area is 271 Å². The van der Waals surface area contributed by atoms with E-state index >= 15 is 0 Å². The minimum absolute atomic E-state index is 0.0885. The van der Waals surface area contributed by atoms with E-state index in [1.54, 1.807) is 36.4 Å². The van der Waals surface area contributed by atoms with Crippen LogP contribution in [0.15, 0.2) is 102 Å². The van der Waals surface area contributed by atoms with Crippen LogP contribution < -0.4 is 4.74 Å². The third-order valence-corrected chi connectivity index (χ3v) is 10.4. The van der Waals surface area contributed by atoms with E-state index in [-0.39, 0.29) is 34.6 Å². The number of hydrogen-bond acceptors (Lipinski definition) is 15. The Morgan fingerprint density at radius 1 is 0.851 bits per heavy atom. The van der Waals surface area contributed by atoms with E-state index in [0.29, 0.717) is 16.9 Å². The molecule has 2 aromatic carbocycles. The molecule has 1 saturated carbocycles. The monoisotopic (exact) mass is 687 g/mol. The van der Waals surface area contributed by atoms with Gasteiger partial charge in [-0.1, -0.05) is 37.4 Å². The van der Waals surface area contributed by atoms with Gasteiger partial charge in [0.1, 0.15) is 12.4 Å². The van der Waals surface area contributed by atoms with Crippen LogP contribution in [0.1, 0.15) is 11.3 Å². The van der Waals surface area contributed by atoms with Crippen LogP contribution in [0.2, 0.25) is 0 Å². The van der Waals surface area contributed by atoms with Gasteiger partial charge in [0.15, 0.2) is 15.0 Å². The number of sulfone groups is 1. The van der Waals surface area contributed by atoms with Crippen LogP contribution in [0.3, 0.4) is 0 Å². The minimum Gasteiger partial charge on any atom is -0.487 e. The summed E-state index contributed by atoms with van der Waals surface area (Å²) in [6.45, 7) is 6.93. The molecule has 1 aliphatic rings. The Kier molecular flexibility index (Phi) is 8.49. The topological polar surface area (TPSA) is 256 Å². The van der Waals surface area contributed by atoms with Gasteiger partial charge in [-0.2, -0.15) is 0 Å². The van der Waals surface area contributed by atoms with E-state index < -0.39 is 43.1 Å². The molecule has 4 aromatic rings. The van der Waals surface area contributed by atoms with Crippen molar-refractivity contribution >= 4 is 27.7 Å². The summed E-state index contributed by atoms with van der Waals surface area (Å²) in [5, 5.41) is 93.5. The number of aliphatic hydroxyl groups is 9. The molecule has 0 unspecified atom stereocenters. The Balaban J connectivity index is 1.47. The summed E-state index contributed by atoms with van der Waals surface area (Å²) >= 11 is -0.227. The van der Waals surface area contributed by atoms with Crippen molar-refractivity contribution in [3.05, 3.63) is 103 Å². The van der Waals surface area contributed by atoms with Crippen molar-refractivity contribution in [2.75, 3.05) is 0 Å². The molecule has 0 bridgehead atoms. The fourth-order valence-corrected chi connectivity index (χ4v) is 6.88. The molecule has 17 heteroatoms. The lowest BCUT2D eigenvalue weighted by Gasteiger charge is -2.38. The molecule has 2 aromatic heterocycles. The van der Waals surface area contributed by atoms with Crippen LogP contribution in [0.4, 0.5) is 0 Å². The molecule has 0 radical (unpaired) electrons. The van der Waals surface area contributed by atoms with Gasteiger partial charge in [-0.3, -0.25) is 9.55 Å². The van der Waals surface area contributed by atoms with Crippen LogP contribution in [0, 0.1) is 0 Å². The van der Waals surface area contributed by atoms with Crippen LogP contribution in [0.25, 0.3) is 22.9 Å². The summed E-state index contributed by atoms with van der Waals surface area (Å²) in [4.78, 5) is 4.25. The average Bonchev–Trinajstić information content (AvgIpc) is 3.46. The zero-order valence-electron chi connectivity index (χ0n) is 24.1. The summed E-state index contributed by atoms with van der Waals surface area (Å²) in [7, 11) is -3.60. The van der Waals surface area contributed by atoms with Crippen LogP contribution in [0.5, 0.6) is 5.75 Å². The standard InChI is InChI=1S/C30H29N3O12S2/c1-3-18-14-22(9-12-24(18)19-7-10-23(11-8-19)47(43,44)4-2)45-17-21-16-32-25(33(21)20-6-5-13-31-15-20)46-30(42)28(38,39)26(34,35)27(36,37)29(30,40)41/h3-16,34-42H,1-2,17H2. The van der Waals surface area contributed by atoms with Gasteiger partial charge >= 0.3 is 0 Å². The Hall–Kier alpha value is -3.98. The number of pyridine rings is 1. The highest BCUT2D eigenvalue weighted by atomic mass is 32.2. The fraction of sp³-hybridized carbons (Fsp3) is 0.200. The smallest absolute Gasteiger partial charge is 0.284 e. The second-order valence-corrected chi connectivity index (χ2v) is 13.5. The maximum atomic E-state index is 12.1. The van der Waals surface area contributed by atoms with E-state index in [1.807, 2.05) is 0 Å². The third-order valence-electron chi connectivity index (χ3n) is 7.69. The molecule has 1 aliphatic carbocycles. The second-order valence-electron chi connectivity index (χ2n) is 10.5. The number of benzene rings is 2. The number of rotatable bonds is 10. The lowest BCUT2D eigenvalue weighted by molar-refractivity contribution is -0.452. The summed E-state index contributed by atoms with van der Waals surface area (Å²) in [5.41, 5.74) is 2.54. The molecule has 248 valence electrons. The van der Waals surface area contributed by atoms with E-state index in [9.17, 15) is 54.4 Å². The normalized spacial score (nSPS) is 18.8. The minimum atomic E-state index is -4.47. The molecular weight excluding hydrogens is 658 g/mol. The van der Waals surface area contributed by atoms with Gasteiger partial charge < -0.3 is 50.7 Å². The van der Waals surface area contributed by atoms with E-state index in [2.05, 4.69) is 23.1 Å². The van der Waals surface area contributed by atoms with Gasteiger partial charge in [0.25, 0.3) is 23.1 Å². The molecule has 9 N–H and O–H groups in total. The predicted octanol–water partition coefficient (Wildman–Crippen LogP) is -0.409. The van der Waals surface area contributed by atoms with Crippen molar-refractivity contribution in [2.45, 2.75) is 44.7 Å². The van der Waals surface area contributed by atoms with Crippen LogP contribution in [-0.2, 0) is 16.4 Å². The van der Waals surface area contributed by atoms with Gasteiger partial charge in [0.05, 0.1) is 28.7 Å². The van der Waals surface area contributed by atoms with E-state index in [0.717, 1.165) is 11.0 Å². The van der Waals surface area contributed by atoms with Gasteiger partial charge in [-0.25, -0.2) is 13.4 Å². The first-order chi connectivity index (χ1) is 21.9. The summed E-state index contributed by atoms with van der Waals surface area (Å²) in [5.74, 6) is -17.3. The highest BCUT2D eigenvalue weighted by Gasteiger charge is 2.91. The number of nitrogens with zero attached hydrogens (tertiary/aromatic N) is 3. The molecule has 0 atom stereocenters. The molecule has 15 nitrogen and oxygen atoms in total. The Bertz CT molecular complexity index is 1910. The highest BCUT2D eigenvalue weighted by molar-refractivity contribution is 8.00. The van der Waals surface area contributed by atoms with Crippen LogP contribution >= 0.6 is 11.8 Å². The maximum absolute atomic E-state index is 12.1. The number of hydrogen-bond donors (Lipinski definition) is 9. The largest absolute Gasteiger partial charge is 0.487 e. The van der Waals surface area contributed by atoms with Gasteiger partial charge in [0, 0.05) is 11.6 Å². The number of thioether (sulfide) groups is 1. The maximum Gasteiger partial charge on any atom is 0.284 e. The zero-order valence-corrected chi connectivity index (χ0v) is 25.7. The number of ether oxygens (including phenoxy) is 1. The third kappa shape index (κ3) is 5.18. The van der Waals surface area contributed by atoms with Gasteiger partial charge in [0.2, 0.25) is 4.93 Å². The first-order valence-corrected chi connectivity index (χ1v) is 15.8. The van der Waals surface area contributed by atoms with Crippen molar-refractivity contribution in [3.8, 4) is 22.6 Å². The molecule has 1 fully saturated rings. The van der Waals surface area contributed by atoms with E-state index in [4.69, 9.17) is 4.74 Å². The molecule has 47 heavy (non-hydrogen) atoms.